The summed E-state index contributed by atoms with van der Waals surface area (Å²) in [5, 5.41) is 7.94. The first-order chi connectivity index (χ1) is 14.0. The number of rotatable bonds is 5. The van der Waals surface area contributed by atoms with E-state index in [9.17, 15) is 14.0 Å². The van der Waals surface area contributed by atoms with E-state index < -0.39 is 5.82 Å². The van der Waals surface area contributed by atoms with Crippen LogP contribution in [0.25, 0.3) is 0 Å². The summed E-state index contributed by atoms with van der Waals surface area (Å²) in [5.74, 6) is -0.160. The molecule has 2 saturated heterocycles. The number of ether oxygens (including phenoxy) is 1. The molecule has 29 heavy (non-hydrogen) atoms. The van der Waals surface area contributed by atoms with E-state index >= 15 is 0 Å². The van der Waals surface area contributed by atoms with E-state index in [-0.39, 0.29) is 30.3 Å². The lowest BCUT2D eigenvalue weighted by Crippen LogP contribution is -2.42. The van der Waals surface area contributed by atoms with Crippen molar-refractivity contribution in [1.82, 2.24) is 20.0 Å². The third-order valence-corrected chi connectivity index (χ3v) is 5.12. The second kappa shape index (κ2) is 8.02. The highest BCUT2D eigenvalue weighted by Crippen LogP contribution is 2.24. The summed E-state index contributed by atoms with van der Waals surface area (Å²) < 4.78 is 19.8. The Bertz CT molecular complexity index is 907. The number of para-hydroxylation sites is 1. The molecule has 1 aromatic heterocycles. The van der Waals surface area contributed by atoms with E-state index in [0.29, 0.717) is 38.5 Å². The standard InChI is InChI=1S/C20H22FN5O3/c1-14-6-7-18(23-22-14)29-15-8-9-24(12-15)19(27)13-25-10-11-26(20(25)28)17-5-3-2-4-16(17)21/h2-7,15H,8-13H2,1H3/t15-/m0/s1. The molecule has 9 heteroatoms. The molecule has 4 rings (SSSR count). The SMILES string of the molecule is Cc1ccc(O[C@H]2CCN(C(=O)CN3CCN(c4ccccc4F)C3=O)C2)nn1. The summed E-state index contributed by atoms with van der Waals surface area (Å²) in [4.78, 5) is 29.8. The lowest BCUT2D eigenvalue weighted by atomic mass is 10.3. The number of hydrogen-bond donors (Lipinski definition) is 0. The van der Waals surface area contributed by atoms with E-state index in [0.717, 1.165) is 5.69 Å². The van der Waals surface area contributed by atoms with Gasteiger partial charge in [-0.05, 0) is 25.1 Å². The molecule has 3 amide bonds. The van der Waals surface area contributed by atoms with Crippen molar-refractivity contribution in [3.8, 4) is 5.88 Å². The van der Waals surface area contributed by atoms with Crippen LogP contribution in [-0.2, 0) is 4.79 Å². The molecule has 2 aromatic rings. The molecule has 0 radical (unpaired) electrons. The fraction of sp³-hybridized carbons (Fsp3) is 0.400. The lowest BCUT2D eigenvalue weighted by Gasteiger charge is -2.22. The fourth-order valence-electron chi connectivity index (χ4n) is 3.56. The summed E-state index contributed by atoms with van der Waals surface area (Å²) in [6, 6.07) is 9.36. The molecule has 1 atom stereocenters. The minimum atomic E-state index is -0.451. The highest BCUT2D eigenvalue weighted by molar-refractivity contribution is 5.96. The topological polar surface area (TPSA) is 78.9 Å². The number of aromatic nitrogens is 2. The predicted octanol–water partition coefficient (Wildman–Crippen LogP) is 1.85. The highest BCUT2D eigenvalue weighted by Gasteiger charge is 2.35. The molecule has 3 heterocycles. The first-order valence-corrected chi connectivity index (χ1v) is 9.57. The van der Waals surface area contributed by atoms with Crippen molar-refractivity contribution < 1.29 is 18.7 Å². The Hall–Kier alpha value is -3.23. The Morgan fingerprint density at radius 1 is 1.17 bits per heavy atom. The third-order valence-electron chi connectivity index (χ3n) is 5.12. The number of aryl methyl sites for hydroxylation is 1. The van der Waals surface area contributed by atoms with E-state index in [1.54, 1.807) is 29.2 Å². The van der Waals surface area contributed by atoms with Crippen molar-refractivity contribution >= 4 is 17.6 Å². The quantitative estimate of drug-likeness (QED) is 0.767. The van der Waals surface area contributed by atoms with Crippen LogP contribution in [0.2, 0.25) is 0 Å². The van der Waals surface area contributed by atoms with Crippen LogP contribution in [0.4, 0.5) is 14.9 Å². The second-order valence-electron chi connectivity index (χ2n) is 7.19. The molecule has 8 nitrogen and oxygen atoms in total. The number of nitrogens with zero attached hydrogens (tertiary/aromatic N) is 5. The maximum absolute atomic E-state index is 14.0. The molecule has 152 valence electrons. The monoisotopic (exact) mass is 399 g/mol. The smallest absolute Gasteiger partial charge is 0.325 e. The second-order valence-corrected chi connectivity index (χ2v) is 7.19. The minimum Gasteiger partial charge on any atom is -0.471 e. The molecule has 2 aliphatic heterocycles. The number of anilines is 1. The largest absolute Gasteiger partial charge is 0.471 e. The van der Waals surface area contributed by atoms with Crippen LogP contribution in [-0.4, -0.2) is 70.8 Å². The molecule has 0 N–H and O–H groups in total. The van der Waals surface area contributed by atoms with Crippen molar-refractivity contribution in [3.63, 3.8) is 0 Å². The first-order valence-electron chi connectivity index (χ1n) is 9.57. The van der Waals surface area contributed by atoms with Crippen molar-refractivity contribution in [2.45, 2.75) is 19.4 Å². The summed E-state index contributed by atoms with van der Waals surface area (Å²) >= 11 is 0. The van der Waals surface area contributed by atoms with Gasteiger partial charge in [0, 0.05) is 32.1 Å². The number of carbonyl (C=O) groups excluding carboxylic acids is 2. The molecular formula is C20H22FN5O3. The maximum Gasteiger partial charge on any atom is 0.325 e. The van der Waals surface area contributed by atoms with E-state index in [4.69, 9.17) is 4.74 Å². The van der Waals surface area contributed by atoms with Crippen LogP contribution in [0.15, 0.2) is 36.4 Å². The van der Waals surface area contributed by atoms with Crippen molar-refractivity contribution in [2.75, 3.05) is 37.6 Å². The van der Waals surface area contributed by atoms with Crippen LogP contribution < -0.4 is 9.64 Å². The zero-order valence-corrected chi connectivity index (χ0v) is 16.1. The van der Waals surface area contributed by atoms with Crippen LogP contribution in [0.1, 0.15) is 12.1 Å². The van der Waals surface area contributed by atoms with Gasteiger partial charge in [0.05, 0.1) is 17.9 Å². The highest BCUT2D eigenvalue weighted by atomic mass is 19.1. The number of likely N-dealkylation sites (tertiary alicyclic amines) is 1. The molecule has 2 aliphatic rings. The first kappa shape index (κ1) is 19.1. The number of hydrogen-bond acceptors (Lipinski definition) is 5. The Balaban J connectivity index is 1.31. The van der Waals surface area contributed by atoms with Gasteiger partial charge >= 0.3 is 6.03 Å². The number of halogens is 1. The third kappa shape index (κ3) is 4.13. The van der Waals surface area contributed by atoms with Gasteiger partial charge < -0.3 is 14.5 Å². The van der Waals surface area contributed by atoms with Crippen LogP contribution in [0.5, 0.6) is 5.88 Å². The van der Waals surface area contributed by atoms with Gasteiger partial charge in [0.2, 0.25) is 11.8 Å². The molecule has 0 bridgehead atoms. The summed E-state index contributed by atoms with van der Waals surface area (Å²) in [6.07, 6.45) is 0.538. The van der Waals surface area contributed by atoms with Gasteiger partial charge in [0.15, 0.2) is 0 Å². The Kier molecular flexibility index (Phi) is 5.28. The summed E-state index contributed by atoms with van der Waals surface area (Å²) in [7, 11) is 0. The Labute approximate surface area is 167 Å². The van der Waals surface area contributed by atoms with E-state index in [2.05, 4.69) is 10.2 Å². The van der Waals surface area contributed by atoms with Crippen LogP contribution in [0, 0.1) is 12.7 Å². The number of carbonyl (C=O) groups is 2. The molecule has 0 unspecified atom stereocenters. The van der Waals surface area contributed by atoms with E-state index in [1.165, 1.54) is 15.9 Å². The van der Waals surface area contributed by atoms with Crippen LogP contribution >= 0.6 is 0 Å². The minimum absolute atomic E-state index is 0.0269. The van der Waals surface area contributed by atoms with Gasteiger partial charge in [0.1, 0.15) is 18.5 Å². The van der Waals surface area contributed by atoms with Crippen LogP contribution in [0.3, 0.4) is 0 Å². The van der Waals surface area contributed by atoms with Gasteiger partial charge in [-0.3, -0.25) is 9.69 Å². The molecule has 1 aromatic carbocycles. The molecule has 0 aliphatic carbocycles. The maximum atomic E-state index is 14.0. The van der Waals surface area contributed by atoms with Crippen molar-refractivity contribution in [2.24, 2.45) is 0 Å². The number of amides is 3. The van der Waals surface area contributed by atoms with Crippen molar-refractivity contribution in [1.29, 1.82) is 0 Å². The fourth-order valence-corrected chi connectivity index (χ4v) is 3.56. The summed E-state index contributed by atoms with van der Waals surface area (Å²) in [5.41, 5.74) is 1.04. The molecular weight excluding hydrogens is 377 g/mol. The van der Waals surface area contributed by atoms with Gasteiger partial charge in [0.25, 0.3) is 0 Å². The molecule has 2 fully saturated rings. The average molecular weight is 399 g/mol. The van der Waals surface area contributed by atoms with Gasteiger partial charge in [-0.1, -0.05) is 12.1 Å². The van der Waals surface area contributed by atoms with Gasteiger partial charge in [-0.2, -0.15) is 5.10 Å². The molecule has 0 spiro atoms. The predicted molar refractivity (Wildman–Crippen MR) is 103 cm³/mol. The summed E-state index contributed by atoms with van der Waals surface area (Å²) in [6.45, 7) is 3.55. The average Bonchev–Trinajstić information content (AvgIpc) is 3.32. The van der Waals surface area contributed by atoms with Gasteiger partial charge in [-0.15, -0.1) is 5.10 Å². The zero-order chi connectivity index (χ0) is 20.4. The normalized spacial score (nSPS) is 19.2. The molecule has 0 saturated carbocycles. The van der Waals surface area contributed by atoms with Gasteiger partial charge in [-0.25, -0.2) is 9.18 Å². The number of benzene rings is 1. The zero-order valence-electron chi connectivity index (χ0n) is 16.1. The lowest BCUT2D eigenvalue weighted by molar-refractivity contribution is -0.130. The van der Waals surface area contributed by atoms with E-state index in [1.807, 2.05) is 13.0 Å². The Morgan fingerprint density at radius 2 is 2.00 bits per heavy atom. The number of urea groups is 1. The van der Waals surface area contributed by atoms with Crippen molar-refractivity contribution in [3.05, 3.63) is 47.9 Å². The Morgan fingerprint density at radius 3 is 2.76 bits per heavy atom.